The van der Waals surface area contributed by atoms with Gasteiger partial charge in [-0.15, -0.1) is 6.42 Å². The smallest absolute Gasteiger partial charge is 0.162 e. The molecule has 0 spiro atoms. The maximum atomic E-state index is 11.3. The van der Waals surface area contributed by atoms with E-state index in [-0.39, 0.29) is 6.61 Å². The summed E-state index contributed by atoms with van der Waals surface area (Å²) in [6.07, 6.45) is 12.6. The van der Waals surface area contributed by atoms with Crippen LogP contribution in [0.4, 0.5) is 0 Å². The predicted molar refractivity (Wildman–Crippen MR) is 106 cm³/mol. The van der Waals surface area contributed by atoms with Crippen molar-refractivity contribution in [1.29, 1.82) is 0 Å². The van der Waals surface area contributed by atoms with Crippen molar-refractivity contribution in [3.05, 3.63) is 42.0 Å². The molecule has 1 aromatic heterocycles. The molecule has 0 radical (unpaired) electrons. The molecule has 2 aliphatic rings. The minimum absolute atomic E-state index is 0.220. The summed E-state index contributed by atoms with van der Waals surface area (Å²) in [6, 6.07) is 6.70. The van der Waals surface area contributed by atoms with Crippen LogP contribution in [0.15, 0.2) is 30.6 Å². The molecule has 0 aliphatic carbocycles. The number of aryl methyl sites for hydroxylation is 1. The molecule has 1 aromatic carbocycles. The summed E-state index contributed by atoms with van der Waals surface area (Å²) < 4.78 is 13.0. The number of imidazole rings is 1. The third kappa shape index (κ3) is 3.36. The average Bonchev–Trinajstić information content (AvgIpc) is 3.22. The highest BCUT2D eigenvalue weighted by Crippen LogP contribution is 2.46. The van der Waals surface area contributed by atoms with E-state index in [9.17, 15) is 5.11 Å². The summed E-state index contributed by atoms with van der Waals surface area (Å²) >= 11 is 0. The fraction of sp³-hybridized carbons (Fsp3) is 0.500. The number of methoxy groups -OCH3 is 1. The fourth-order valence-electron chi connectivity index (χ4n) is 4.83. The molecule has 4 rings (SSSR count). The molecule has 0 amide bonds. The number of nitrogens with zero attached hydrogens (tertiary/aromatic N) is 3. The number of hydrogen-bond donors (Lipinski definition) is 1. The van der Waals surface area contributed by atoms with Crippen LogP contribution < -0.4 is 9.47 Å². The Hall–Kier alpha value is -2.49. The standard InChI is InChI=1S/C22H27N3O3/c1-4-11-28-19-8-5-16(12-20(19)27-3)15-25-17-6-7-18(25)14-22(26,13-17)21-23-9-10-24(21)2/h1,5,8-10,12,17-18,26H,6-7,11,13-15H2,2-3H3/t17-,18-/m0/s1. The van der Waals surface area contributed by atoms with Gasteiger partial charge in [-0.05, 0) is 43.4 Å². The Balaban J connectivity index is 1.50. The lowest BCUT2D eigenvalue weighted by molar-refractivity contribution is -0.0669. The van der Waals surface area contributed by atoms with Gasteiger partial charge < -0.3 is 19.1 Å². The second kappa shape index (κ2) is 7.50. The second-order valence-electron chi connectivity index (χ2n) is 7.84. The van der Waals surface area contributed by atoms with Gasteiger partial charge in [0.15, 0.2) is 11.5 Å². The number of aromatic nitrogens is 2. The van der Waals surface area contributed by atoms with Gasteiger partial charge >= 0.3 is 0 Å². The molecule has 0 saturated carbocycles. The van der Waals surface area contributed by atoms with E-state index in [4.69, 9.17) is 15.9 Å². The van der Waals surface area contributed by atoms with E-state index < -0.39 is 5.60 Å². The Bertz CT molecular complexity index is 871. The summed E-state index contributed by atoms with van der Waals surface area (Å²) in [5, 5.41) is 11.3. The van der Waals surface area contributed by atoms with Crippen molar-refractivity contribution in [3.8, 4) is 23.8 Å². The van der Waals surface area contributed by atoms with Gasteiger partial charge in [-0.2, -0.15) is 0 Å². The van der Waals surface area contributed by atoms with Gasteiger partial charge in [-0.3, -0.25) is 4.90 Å². The van der Waals surface area contributed by atoms with E-state index in [1.165, 1.54) is 5.56 Å². The van der Waals surface area contributed by atoms with Crippen molar-refractivity contribution < 1.29 is 14.6 Å². The first-order chi connectivity index (χ1) is 13.5. The van der Waals surface area contributed by atoms with Crippen molar-refractivity contribution >= 4 is 0 Å². The van der Waals surface area contributed by atoms with Crippen LogP contribution >= 0.6 is 0 Å². The molecule has 2 fully saturated rings. The van der Waals surface area contributed by atoms with E-state index in [1.807, 2.05) is 29.9 Å². The Morgan fingerprint density at radius 3 is 2.64 bits per heavy atom. The van der Waals surface area contributed by atoms with Crippen molar-refractivity contribution in [2.24, 2.45) is 7.05 Å². The highest BCUT2D eigenvalue weighted by atomic mass is 16.5. The summed E-state index contributed by atoms with van der Waals surface area (Å²) in [4.78, 5) is 6.95. The number of benzene rings is 1. The van der Waals surface area contributed by atoms with Gasteiger partial charge in [0.1, 0.15) is 18.0 Å². The topological polar surface area (TPSA) is 59.8 Å². The first-order valence-corrected chi connectivity index (χ1v) is 9.73. The van der Waals surface area contributed by atoms with Crippen molar-refractivity contribution in [2.75, 3.05) is 13.7 Å². The monoisotopic (exact) mass is 381 g/mol. The van der Waals surface area contributed by atoms with E-state index in [2.05, 4.69) is 21.9 Å². The van der Waals surface area contributed by atoms with Gasteiger partial charge in [0.25, 0.3) is 0 Å². The number of rotatable bonds is 6. The lowest BCUT2D eigenvalue weighted by Gasteiger charge is -2.43. The molecule has 28 heavy (non-hydrogen) atoms. The molecule has 3 heterocycles. The molecular weight excluding hydrogens is 354 g/mol. The van der Waals surface area contributed by atoms with Gasteiger partial charge in [-0.25, -0.2) is 4.98 Å². The summed E-state index contributed by atoms with van der Waals surface area (Å²) in [5.74, 6) is 4.61. The SMILES string of the molecule is C#CCOc1ccc(CN2[C@H]3CC[C@H]2CC(O)(c2nccn2C)C3)cc1OC. The molecule has 0 unspecified atom stereocenters. The predicted octanol–water partition coefficient (Wildman–Crippen LogP) is 2.46. The normalized spacial score (nSPS) is 26.8. The minimum Gasteiger partial charge on any atom is -0.493 e. The van der Waals surface area contributed by atoms with Crippen molar-refractivity contribution in [3.63, 3.8) is 0 Å². The summed E-state index contributed by atoms with van der Waals surface area (Å²) in [5.41, 5.74) is 0.329. The highest BCUT2D eigenvalue weighted by molar-refractivity contribution is 5.43. The van der Waals surface area contributed by atoms with Crippen molar-refractivity contribution in [1.82, 2.24) is 14.5 Å². The van der Waals surface area contributed by atoms with Gasteiger partial charge in [-0.1, -0.05) is 12.0 Å². The minimum atomic E-state index is -0.842. The molecule has 2 aliphatic heterocycles. The van der Waals surface area contributed by atoms with Crippen LogP contribution in [0.1, 0.15) is 37.1 Å². The van der Waals surface area contributed by atoms with Crippen molar-refractivity contribution in [2.45, 2.75) is 49.9 Å². The van der Waals surface area contributed by atoms with Crippen LogP contribution in [0.25, 0.3) is 0 Å². The van der Waals surface area contributed by atoms with E-state index in [1.54, 1.807) is 13.3 Å². The van der Waals surface area contributed by atoms with Gasteiger partial charge in [0.05, 0.1) is 7.11 Å². The Morgan fingerprint density at radius 2 is 2.04 bits per heavy atom. The number of ether oxygens (including phenoxy) is 2. The zero-order valence-corrected chi connectivity index (χ0v) is 16.5. The fourth-order valence-corrected chi connectivity index (χ4v) is 4.83. The average molecular weight is 381 g/mol. The van der Waals surface area contributed by atoms with Crippen LogP contribution in [-0.2, 0) is 19.2 Å². The second-order valence-corrected chi connectivity index (χ2v) is 7.84. The zero-order valence-electron chi connectivity index (χ0n) is 16.5. The first-order valence-electron chi connectivity index (χ1n) is 9.73. The molecule has 6 nitrogen and oxygen atoms in total. The van der Waals surface area contributed by atoms with E-state index >= 15 is 0 Å². The van der Waals surface area contributed by atoms with Gasteiger partial charge in [0.2, 0.25) is 0 Å². The first kappa shape index (κ1) is 18.9. The Labute approximate surface area is 166 Å². The number of piperidine rings is 1. The zero-order chi connectivity index (χ0) is 19.7. The van der Waals surface area contributed by atoms with Crippen LogP contribution in [-0.4, -0.2) is 45.4 Å². The van der Waals surface area contributed by atoms with E-state index in [0.29, 0.717) is 23.6 Å². The quantitative estimate of drug-likeness (QED) is 0.779. The summed E-state index contributed by atoms with van der Waals surface area (Å²) in [6.45, 7) is 1.05. The number of terminal acetylenes is 1. The maximum Gasteiger partial charge on any atom is 0.162 e. The molecule has 1 N–H and O–H groups in total. The maximum absolute atomic E-state index is 11.3. The Kier molecular flexibility index (Phi) is 5.05. The van der Waals surface area contributed by atoms with Crippen LogP contribution in [0.5, 0.6) is 11.5 Å². The Morgan fingerprint density at radius 1 is 1.29 bits per heavy atom. The third-order valence-electron chi connectivity index (χ3n) is 6.06. The molecule has 2 saturated heterocycles. The molecule has 2 bridgehead atoms. The lowest BCUT2D eigenvalue weighted by atomic mass is 9.85. The molecule has 2 atom stereocenters. The third-order valence-corrected chi connectivity index (χ3v) is 6.06. The van der Waals surface area contributed by atoms with Crippen LogP contribution in [0.3, 0.4) is 0 Å². The molecular formula is C22H27N3O3. The highest BCUT2D eigenvalue weighted by Gasteiger charge is 2.49. The van der Waals surface area contributed by atoms with Crippen LogP contribution in [0, 0.1) is 12.3 Å². The molecule has 6 heteroatoms. The lowest BCUT2D eigenvalue weighted by Crippen LogP contribution is -2.50. The summed E-state index contributed by atoms with van der Waals surface area (Å²) in [7, 11) is 3.59. The van der Waals surface area contributed by atoms with E-state index in [0.717, 1.165) is 38.1 Å². The number of hydrogen-bond acceptors (Lipinski definition) is 5. The molecule has 2 aromatic rings. The number of aliphatic hydroxyl groups is 1. The number of fused-ring (bicyclic) bond motifs is 2. The van der Waals surface area contributed by atoms with Crippen LogP contribution in [0.2, 0.25) is 0 Å². The van der Waals surface area contributed by atoms with Gasteiger partial charge in [0, 0.05) is 38.1 Å². The molecule has 148 valence electrons. The largest absolute Gasteiger partial charge is 0.493 e.